The molecule has 1 saturated carbocycles. The van der Waals surface area contributed by atoms with Gasteiger partial charge in [0.25, 0.3) is 5.88 Å². The molecule has 3 aromatic heterocycles. The first kappa shape index (κ1) is 29.5. The zero-order valence-corrected chi connectivity index (χ0v) is 25.1. The standard InChI is InChI=1S/C30H37N11O3/c1-19-14-39(15-20(2)43-19)25-6-8-26(9-7-25)41-17-27(29(42)36-41)35-30-32-12-24(13-33-30)22-4-5-23(11-31)28(10-22)44-21(3)16-40-18-34-37-38-40/h4-5,10,12-13,17-21,25-26H,6-9,14-16H2,1-3H3,(H,36,42)(H,32,33,35)/t19-,20+,21-,25-,26-/m0/s1. The maximum absolute atomic E-state index is 10.6. The molecule has 44 heavy (non-hydrogen) atoms. The smallest absolute Gasteiger partial charge is 0.254 e. The van der Waals surface area contributed by atoms with Crippen molar-refractivity contribution in [2.45, 2.75) is 83.4 Å². The van der Waals surface area contributed by atoms with E-state index in [2.05, 4.69) is 60.7 Å². The molecule has 1 aliphatic heterocycles. The fraction of sp³-hybridized carbons (Fsp3) is 0.500. The van der Waals surface area contributed by atoms with Gasteiger partial charge in [0.2, 0.25) is 5.95 Å². The number of morpholine rings is 1. The Morgan fingerprint density at radius 3 is 2.50 bits per heavy atom. The zero-order valence-electron chi connectivity index (χ0n) is 25.1. The summed E-state index contributed by atoms with van der Waals surface area (Å²) in [5, 5.41) is 38.8. The van der Waals surface area contributed by atoms with E-state index in [1.807, 2.05) is 23.9 Å². The van der Waals surface area contributed by atoms with Gasteiger partial charge in [0.05, 0.1) is 36.6 Å². The largest absolute Gasteiger partial charge is 0.491 e. The third-order valence-electron chi connectivity index (χ3n) is 8.21. The first-order chi connectivity index (χ1) is 21.3. The normalized spacial score (nSPS) is 23.1. The molecule has 2 aliphatic rings. The number of nitrogens with one attached hydrogen (secondary N) is 1. The van der Waals surface area contributed by atoms with Crippen LogP contribution in [0.1, 0.15) is 58.1 Å². The minimum absolute atomic E-state index is 0.0831. The van der Waals surface area contributed by atoms with E-state index in [0.717, 1.165) is 49.9 Å². The Hall–Kier alpha value is -4.61. The van der Waals surface area contributed by atoms with Crippen molar-refractivity contribution in [2.24, 2.45) is 0 Å². The van der Waals surface area contributed by atoms with Gasteiger partial charge in [0.15, 0.2) is 0 Å². The second kappa shape index (κ2) is 12.9. The van der Waals surface area contributed by atoms with Gasteiger partial charge in [-0.2, -0.15) is 5.26 Å². The molecular weight excluding hydrogens is 562 g/mol. The number of hydrogen-bond acceptors (Lipinski definition) is 12. The summed E-state index contributed by atoms with van der Waals surface area (Å²) < 4.78 is 15.4. The highest BCUT2D eigenvalue weighted by atomic mass is 16.5. The summed E-state index contributed by atoms with van der Waals surface area (Å²) in [6.07, 6.45) is 11.2. The second-order valence-corrected chi connectivity index (χ2v) is 11.7. The highest BCUT2D eigenvalue weighted by molar-refractivity contribution is 5.67. The number of aromatic hydroxyl groups is 1. The summed E-state index contributed by atoms with van der Waals surface area (Å²) in [4.78, 5) is 11.5. The van der Waals surface area contributed by atoms with E-state index in [1.54, 1.807) is 29.2 Å². The second-order valence-electron chi connectivity index (χ2n) is 11.7. The molecule has 0 unspecified atom stereocenters. The predicted molar refractivity (Wildman–Crippen MR) is 160 cm³/mol. The molecule has 2 fully saturated rings. The average molecular weight is 600 g/mol. The Labute approximate surface area is 255 Å². The summed E-state index contributed by atoms with van der Waals surface area (Å²) in [5.74, 6) is 0.705. The van der Waals surface area contributed by atoms with Gasteiger partial charge in [-0.05, 0) is 74.6 Å². The molecule has 0 radical (unpaired) electrons. The lowest BCUT2D eigenvalue weighted by molar-refractivity contribution is -0.0852. The Balaban J connectivity index is 1.07. The predicted octanol–water partition coefficient (Wildman–Crippen LogP) is 3.71. The van der Waals surface area contributed by atoms with E-state index in [9.17, 15) is 10.4 Å². The molecule has 1 saturated heterocycles. The highest BCUT2D eigenvalue weighted by Crippen LogP contribution is 2.35. The number of nitriles is 1. The number of aromatic nitrogens is 8. The Kier molecular flexibility index (Phi) is 8.67. The lowest BCUT2D eigenvalue weighted by Gasteiger charge is -2.42. The highest BCUT2D eigenvalue weighted by Gasteiger charge is 2.32. The van der Waals surface area contributed by atoms with Crippen LogP contribution in [0.2, 0.25) is 0 Å². The quantitative estimate of drug-likeness (QED) is 0.287. The van der Waals surface area contributed by atoms with Crippen molar-refractivity contribution in [3.05, 3.63) is 48.7 Å². The van der Waals surface area contributed by atoms with E-state index in [4.69, 9.17) is 9.47 Å². The van der Waals surface area contributed by atoms with Crippen LogP contribution >= 0.6 is 0 Å². The molecular formula is C30H37N11O3. The van der Waals surface area contributed by atoms with Crippen LogP contribution in [0.3, 0.4) is 0 Å². The van der Waals surface area contributed by atoms with Crippen LogP contribution in [0, 0.1) is 11.3 Å². The van der Waals surface area contributed by atoms with Gasteiger partial charge in [-0.3, -0.25) is 9.58 Å². The number of benzene rings is 1. The molecule has 3 atom stereocenters. The monoisotopic (exact) mass is 599 g/mol. The summed E-state index contributed by atoms with van der Waals surface area (Å²) >= 11 is 0. The summed E-state index contributed by atoms with van der Waals surface area (Å²) in [6.45, 7) is 8.58. The molecule has 0 bridgehead atoms. The number of rotatable bonds is 9. The van der Waals surface area contributed by atoms with Gasteiger partial charge in [-0.25, -0.2) is 14.6 Å². The lowest BCUT2D eigenvalue weighted by Crippen LogP contribution is -2.51. The third kappa shape index (κ3) is 6.79. The molecule has 2 N–H and O–H groups in total. The number of hydrogen-bond donors (Lipinski definition) is 2. The first-order valence-electron chi connectivity index (χ1n) is 15.0. The van der Waals surface area contributed by atoms with Crippen LogP contribution in [0.4, 0.5) is 11.6 Å². The van der Waals surface area contributed by atoms with Crippen LogP contribution in [0.5, 0.6) is 11.6 Å². The maximum atomic E-state index is 10.6. The minimum Gasteiger partial charge on any atom is -0.491 e. The van der Waals surface area contributed by atoms with Gasteiger partial charge < -0.3 is 19.9 Å². The molecule has 4 heterocycles. The van der Waals surface area contributed by atoms with E-state index >= 15 is 0 Å². The molecule has 1 aromatic carbocycles. The van der Waals surface area contributed by atoms with Gasteiger partial charge in [-0.1, -0.05) is 6.07 Å². The van der Waals surface area contributed by atoms with Gasteiger partial charge in [0.1, 0.15) is 29.9 Å². The van der Waals surface area contributed by atoms with E-state index in [1.165, 1.54) is 6.33 Å². The summed E-state index contributed by atoms with van der Waals surface area (Å²) in [7, 11) is 0. The van der Waals surface area contributed by atoms with Crippen molar-refractivity contribution in [3.63, 3.8) is 0 Å². The Bertz CT molecular complexity index is 1570. The molecule has 1 aliphatic carbocycles. The fourth-order valence-corrected chi connectivity index (χ4v) is 6.20. The van der Waals surface area contributed by atoms with Crippen LogP contribution < -0.4 is 10.1 Å². The number of ether oxygens (including phenoxy) is 2. The first-order valence-corrected chi connectivity index (χ1v) is 15.0. The number of nitrogens with zero attached hydrogens (tertiary/aromatic N) is 10. The third-order valence-corrected chi connectivity index (χ3v) is 8.21. The molecule has 0 spiro atoms. The van der Waals surface area contributed by atoms with Gasteiger partial charge >= 0.3 is 0 Å². The van der Waals surface area contributed by atoms with E-state index < -0.39 is 0 Å². The van der Waals surface area contributed by atoms with Crippen molar-refractivity contribution in [1.29, 1.82) is 5.26 Å². The summed E-state index contributed by atoms with van der Waals surface area (Å²) in [6, 6.07) is 8.30. The van der Waals surface area contributed by atoms with Crippen LogP contribution in [0.15, 0.2) is 43.1 Å². The van der Waals surface area contributed by atoms with Crippen molar-refractivity contribution in [1.82, 2.24) is 44.9 Å². The van der Waals surface area contributed by atoms with Crippen molar-refractivity contribution < 1.29 is 14.6 Å². The zero-order chi connectivity index (χ0) is 30.6. The number of anilines is 2. The molecule has 6 rings (SSSR count). The minimum atomic E-state index is -0.273. The summed E-state index contributed by atoms with van der Waals surface area (Å²) in [5.41, 5.74) is 2.43. The van der Waals surface area contributed by atoms with Crippen molar-refractivity contribution in [2.75, 3.05) is 18.4 Å². The van der Waals surface area contributed by atoms with E-state index in [-0.39, 0.29) is 30.2 Å². The number of tetrazole rings is 1. The van der Waals surface area contributed by atoms with Crippen LogP contribution in [-0.2, 0) is 11.3 Å². The molecule has 0 amide bonds. The average Bonchev–Trinajstić information content (AvgIpc) is 3.66. The van der Waals surface area contributed by atoms with Gasteiger partial charge in [-0.15, -0.1) is 10.2 Å². The topological polar surface area (TPSA) is 165 Å². The Morgan fingerprint density at radius 2 is 1.82 bits per heavy atom. The van der Waals surface area contributed by atoms with Crippen molar-refractivity contribution in [3.8, 4) is 28.8 Å². The van der Waals surface area contributed by atoms with Crippen LogP contribution in [-0.4, -0.2) is 87.4 Å². The maximum Gasteiger partial charge on any atom is 0.254 e. The molecule has 14 heteroatoms. The fourth-order valence-electron chi connectivity index (χ4n) is 6.20. The van der Waals surface area contributed by atoms with Crippen LogP contribution in [0.25, 0.3) is 11.1 Å². The van der Waals surface area contributed by atoms with Crippen molar-refractivity contribution >= 4 is 11.6 Å². The van der Waals surface area contributed by atoms with Gasteiger partial charge in [0, 0.05) is 37.1 Å². The molecule has 4 aromatic rings. The molecule has 230 valence electrons. The lowest BCUT2D eigenvalue weighted by atomic mass is 9.89. The molecule has 14 nitrogen and oxygen atoms in total. The van der Waals surface area contributed by atoms with E-state index in [0.29, 0.717) is 35.5 Å². The SMILES string of the molecule is C[C@@H]1CN([C@H]2CC[C@H](n3cc(Nc4ncc(-c5ccc(C#N)c(O[C@@H](C)Cn6cnnn6)c5)cn4)c(O)n3)CC2)C[C@H](C)O1. The Morgan fingerprint density at radius 1 is 1.09 bits per heavy atom.